The largest absolute Gasteiger partial charge is 0.502 e. The number of hydrogen-bond acceptors (Lipinski definition) is 7. The van der Waals surface area contributed by atoms with Gasteiger partial charge in [-0.05, 0) is 45.4 Å². The number of rotatable bonds is 45. The first-order valence-corrected chi connectivity index (χ1v) is 27.2. The number of ketones is 1. The molecule has 0 aliphatic carbocycles. The van der Waals surface area contributed by atoms with E-state index in [1.165, 1.54) is 153 Å². The molecule has 0 aliphatic heterocycles. The van der Waals surface area contributed by atoms with Crippen LogP contribution in [-0.4, -0.2) is 62.9 Å². The minimum Gasteiger partial charge on any atom is -0.373 e. The van der Waals surface area contributed by atoms with E-state index in [9.17, 15) is 9.59 Å². The Hall–Kier alpha value is -0.253. The number of unbranched alkanes of at least 4 members (excludes halogenated alkanes) is 25. The van der Waals surface area contributed by atoms with Crippen LogP contribution in [0, 0.1) is 0 Å². The van der Waals surface area contributed by atoms with Crippen LogP contribution < -0.4 is 0 Å². The molecular formula is C47H95NO5SSi. The summed E-state index contributed by atoms with van der Waals surface area (Å²) in [6.07, 6.45) is 38.0. The summed E-state index contributed by atoms with van der Waals surface area (Å²) in [6.45, 7) is 16.9. The Labute approximate surface area is 349 Å². The second-order valence-electron chi connectivity index (χ2n) is 16.4. The lowest BCUT2D eigenvalue weighted by molar-refractivity contribution is -0.131. The van der Waals surface area contributed by atoms with Crippen molar-refractivity contribution in [3.05, 3.63) is 0 Å². The topological polar surface area (TPSA) is 65.1 Å². The Morgan fingerprint density at radius 2 is 0.855 bits per heavy atom. The first-order chi connectivity index (χ1) is 26.9. The third-order valence-electron chi connectivity index (χ3n) is 10.9. The number of carbonyl (C=O) groups excluding carboxylic acids is 2. The van der Waals surface area contributed by atoms with Crippen molar-refractivity contribution >= 4 is 31.5 Å². The Balaban J connectivity index is 5.37. The average Bonchev–Trinajstić information content (AvgIpc) is 3.18. The summed E-state index contributed by atoms with van der Waals surface area (Å²) in [4.78, 5) is 28.1. The van der Waals surface area contributed by atoms with Gasteiger partial charge in [0.15, 0.2) is 0 Å². The second-order valence-corrected chi connectivity index (χ2v) is 20.1. The molecule has 0 saturated carbocycles. The lowest BCUT2D eigenvalue weighted by Gasteiger charge is -2.37. The maximum atomic E-state index is 12.9. The second kappa shape index (κ2) is 41.9. The summed E-state index contributed by atoms with van der Waals surface area (Å²) in [5, 5.41) is -0.275. The fourth-order valence-electron chi connectivity index (χ4n) is 7.18. The molecule has 0 N–H and O–H groups in total. The number of thioether (sulfide) groups is 1. The highest BCUT2D eigenvalue weighted by Gasteiger charge is 2.43. The van der Waals surface area contributed by atoms with Crippen LogP contribution in [0.15, 0.2) is 0 Å². The predicted molar refractivity (Wildman–Crippen MR) is 243 cm³/mol. The van der Waals surface area contributed by atoms with E-state index in [1.54, 1.807) is 0 Å². The summed E-state index contributed by atoms with van der Waals surface area (Å²) >= 11 is 1.20. The van der Waals surface area contributed by atoms with Crippen LogP contribution in [0.4, 0.5) is 0 Å². The van der Waals surface area contributed by atoms with Gasteiger partial charge in [-0.25, -0.2) is 0 Å². The maximum Gasteiger partial charge on any atom is 0.502 e. The van der Waals surface area contributed by atoms with E-state index in [0.29, 0.717) is 31.4 Å². The van der Waals surface area contributed by atoms with Crippen molar-refractivity contribution in [2.24, 2.45) is 0 Å². The van der Waals surface area contributed by atoms with E-state index >= 15 is 0 Å². The molecular weight excluding hydrogens is 719 g/mol. The lowest BCUT2D eigenvalue weighted by atomic mass is 10.1. The van der Waals surface area contributed by atoms with Crippen molar-refractivity contribution in [3.63, 3.8) is 0 Å². The third-order valence-corrected chi connectivity index (χ3v) is 14.9. The minimum atomic E-state index is -3.07. The van der Waals surface area contributed by atoms with Crippen molar-refractivity contribution in [2.75, 3.05) is 32.1 Å². The molecule has 6 nitrogen and oxygen atoms in total. The molecule has 0 heterocycles. The number of carbonyl (C=O) groups is 2. The predicted octanol–water partition coefficient (Wildman–Crippen LogP) is 15.0. The van der Waals surface area contributed by atoms with Gasteiger partial charge in [-0.3, -0.25) is 14.5 Å². The minimum absolute atomic E-state index is 0.0844. The molecule has 1 atom stereocenters. The molecule has 0 amide bonds. The molecule has 55 heavy (non-hydrogen) atoms. The van der Waals surface area contributed by atoms with E-state index in [-0.39, 0.29) is 17.1 Å². The molecule has 0 radical (unpaired) electrons. The summed E-state index contributed by atoms with van der Waals surface area (Å²) in [5.41, 5.74) is 0. The Kier molecular flexibility index (Phi) is 41.7. The number of nitrogens with zero attached hydrogens (tertiary/aromatic N) is 1. The molecule has 328 valence electrons. The highest BCUT2D eigenvalue weighted by molar-refractivity contribution is 8.15. The van der Waals surface area contributed by atoms with Gasteiger partial charge in [0.05, 0.1) is 0 Å². The van der Waals surface area contributed by atoms with Crippen molar-refractivity contribution in [2.45, 2.75) is 259 Å². The average molecular weight is 814 g/mol. The normalized spacial score (nSPS) is 12.6. The summed E-state index contributed by atoms with van der Waals surface area (Å²) in [7, 11) is -3.07. The molecule has 0 bridgehead atoms. The van der Waals surface area contributed by atoms with Crippen LogP contribution in [0.25, 0.3) is 0 Å². The van der Waals surface area contributed by atoms with Gasteiger partial charge in [-0.1, -0.05) is 207 Å². The van der Waals surface area contributed by atoms with Gasteiger partial charge in [0, 0.05) is 44.5 Å². The van der Waals surface area contributed by atoms with Crippen LogP contribution in [0.5, 0.6) is 0 Å². The van der Waals surface area contributed by atoms with Gasteiger partial charge in [-0.2, -0.15) is 0 Å². The molecule has 8 heteroatoms. The Bertz CT molecular complexity index is 803. The molecule has 0 aromatic rings. The van der Waals surface area contributed by atoms with Gasteiger partial charge >= 0.3 is 8.80 Å². The lowest BCUT2D eigenvalue weighted by Crippen LogP contribution is -2.52. The number of Topliss-reactive ketones (excluding diaryl/α,β-unsaturated/α-hetero) is 1. The van der Waals surface area contributed by atoms with Crippen LogP contribution >= 0.6 is 11.8 Å². The van der Waals surface area contributed by atoms with Crippen molar-refractivity contribution < 1.29 is 22.9 Å². The van der Waals surface area contributed by atoms with Crippen molar-refractivity contribution in [1.29, 1.82) is 0 Å². The molecule has 0 aromatic heterocycles. The summed E-state index contributed by atoms with van der Waals surface area (Å²) in [6, 6.07) is 0.688. The zero-order valence-corrected chi connectivity index (χ0v) is 39.7. The molecule has 0 spiro atoms. The van der Waals surface area contributed by atoms with Gasteiger partial charge in [0.2, 0.25) is 5.78 Å². The van der Waals surface area contributed by atoms with E-state index in [2.05, 4.69) is 46.4 Å². The zero-order valence-electron chi connectivity index (χ0n) is 37.8. The van der Waals surface area contributed by atoms with E-state index in [4.69, 9.17) is 13.3 Å². The smallest absolute Gasteiger partial charge is 0.373 e. The van der Waals surface area contributed by atoms with Crippen LogP contribution in [-0.2, 0) is 22.9 Å². The number of hydrogen-bond donors (Lipinski definition) is 0. The van der Waals surface area contributed by atoms with Crippen molar-refractivity contribution in [3.8, 4) is 0 Å². The van der Waals surface area contributed by atoms with Crippen LogP contribution in [0.1, 0.15) is 247 Å². The molecule has 0 aliphatic rings. The third kappa shape index (κ3) is 34.3. The van der Waals surface area contributed by atoms with E-state index in [0.717, 1.165) is 70.9 Å². The molecule has 1 unspecified atom stereocenters. The van der Waals surface area contributed by atoms with Gasteiger partial charge in [0.1, 0.15) is 6.23 Å². The standard InChI is InChI=1S/C47H95NO5SSi/c1-7-12-17-20-23-26-27-28-31-34-38-46(49)47(50)54-43-37-44-55(51-41-35-32-29-24-21-18-13-8-2,52-42-36-33-30-25-22-19-14-9-3)53-45(6)48(39-15-10-4)40-16-11-5/h45H,7-44H2,1-6H3. The van der Waals surface area contributed by atoms with Crippen LogP contribution in [0.2, 0.25) is 6.04 Å². The molecule has 0 fully saturated rings. The fraction of sp³-hybridized carbons (Fsp3) is 0.957. The summed E-state index contributed by atoms with van der Waals surface area (Å²) < 4.78 is 20.8. The van der Waals surface area contributed by atoms with Crippen molar-refractivity contribution in [1.82, 2.24) is 4.90 Å². The highest BCUT2D eigenvalue weighted by atomic mass is 32.2. The fourth-order valence-corrected chi connectivity index (χ4v) is 11.0. The van der Waals surface area contributed by atoms with Crippen LogP contribution in [0.3, 0.4) is 0 Å². The molecule has 0 saturated heterocycles. The van der Waals surface area contributed by atoms with E-state index in [1.807, 2.05) is 0 Å². The quantitative estimate of drug-likeness (QED) is 0.0263. The summed E-state index contributed by atoms with van der Waals surface area (Å²) in [5.74, 6) is 0.393. The van der Waals surface area contributed by atoms with Gasteiger partial charge in [0.25, 0.3) is 5.12 Å². The SMILES string of the molecule is CCCCCCCCCCCCC(=O)C(=O)SCCC[Si](OCCCCCCCCCC)(OCCCCCCCCCC)OC(C)N(CCCC)CCCC. The highest BCUT2D eigenvalue weighted by Crippen LogP contribution is 2.26. The first kappa shape index (κ1) is 54.7. The Morgan fingerprint density at radius 1 is 0.491 bits per heavy atom. The monoisotopic (exact) mass is 814 g/mol. The van der Waals surface area contributed by atoms with Gasteiger partial charge < -0.3 is 13.3 Å². The van der Waals surface area contributed by atoms with Gasteiger partial charge in [-0.15, -0.1) is 0 Å². The van der Waals surface area contributed by atoms with E-state index < -0.39 is 8.80 Å². The zero-order chi connectivity index (χ0) is 40.5. The molecule has 0 rings (SSSR count). The molecule has 0 aromatic carbocycles. The maximum absolute atomic E-state index is 12.9. The first-order valence-electron chi connectivity index (χ1n) is 24.3. The Morgan fingerprint density at radius 3 is 1.25 bits per heavy atom.